The zero-order valence-corrected chi connectivity index (χ0v) is 12.3. The smallest absolute Gasteiger partial charge is 0.322 e. The highest BCUT2D eigenvalue weighted by molar-refractivity contribution is 9.10. The SMILES string of the molecule is Cn1c(C(=O)NCC(N)C(=O)O)cc2c(Br)cccc21. The third kappa shape index (κ3) is 2.68. The minimum Gasteiger partial charge on any atom is -0.480 e. The van der Waals surface area contributed by atoms with Crippen molar-refractivity contribution in [2.24, 2.45) is 12.8 Å². The van der Waals surface area contributed by atoms with E-state index in [-0.39, 0.29) is 12.5 Å². The van der Waals surface area contributed by atoms with Gasteiger partial charge in [-0.05, 0) is 18.2 Å². The van der Waals surface area contributed by atoms with Gasteiger partial charge in [-0.1, -0.05) is 22.0 Å². The van der Waals surface area contributed by atoms with Gasteiger partial charge in [0.1, 0.15) is 11.7 Å². The van der Waals surface area contributed by atoms with Crippen molar-refractivity contribution < 1.29 is 14.7 Å². The van der Waals surface area contributed by atoms with Crippen LogP contribution in [0.15, 0.2) is 28.7 Å². The molecule has 0 fully saturated rings. The molecule has 4 N–H and O–H groups in total. The van der Waals surface area contributed by atoms with Crippen LogP contribution in [0.25, 0.3) is 10.9 Å². The van der Waals surface area contributed by atoms with E-state index >= 15 is 0 Å². The number of amides is 1. The number of halogens is 1. The fourth-order valence-electron chi connectivity index (χ4n) is 1.92. The van der Waals surface area contributed by atoms with E-state index in [1.54, 1.807) is 17.7 Å². The zero-order valence-electron chi connectivity index (χ0n) is 10.8. The second-order valence-electron chi connectivity index (χ2n) is 4.42. The van der Waals surface area contributed by atoms with E-state index < -0.39 is 12.0 Å². The summed E-state index contributed by atoms with van der Waals surface area (Å²) in [6, 6.07) is 6.32. The second-order valence-corrected chi connectivity index (χ2v) is 5.27. The highest BCUT2D eigenvalue weighted by Crippen LogP contribution is 2.26. The van der Waals surface area contributed by atoms with Gasteiger partial charge in [-0.2, -0.15) is 0 Å². The summed E-state index contributed by atoms with van der Waals surface area (Å²) in [6.07, 6.45) is 0. The number of carbonyl (C=O) groups excluding carboxylic acids is 1. The number of aliphatic carboxylic acids is 1. The topological polar surface area (TPSA) is 97.4 Å². The number of hydrogen-bond acceptors (Lipinski definition) is 3. The van der Waals surface area contributed by atoms with E-state index in [1.165, 1.54) is 0 Å². The quantitative estimate of drug-likeness (QED) is 0.776. The molecule has 0 aliphatic rings. The van der Waals surface area contributed by atoms with Crippen LogP contribution in [0.1, 0.15) is 10.5 Å². The van der Waals surface area contributed by atoms with Crippen molar-refractivity contribution in [2.75, 3.05) is 6.54 Å². The van der Waals surface area contributed by atoms with Gasteiger partial charge in [-0.3, -0.25) is 9.59 Å². The van der Waals surface area contributed by atoms with Crippen LogP contribution >= 0.6 is 15.9 Å². The normalized spacial score (nSPS) is 12.3. The molecule has 2 aromatic rings. The summed E-state index contributed by atoms with van der Waals surface area (Å²) >= 11 is 3.43. The first-order valence-corrected chi connectivity index (χ1v) is 6.71. The van der Waals surface area contributed by atoms with Crippen LogP contribution in [0.4, 0.5) is 0 Å². The zero-order chi connectivity index (χ0) is 14.9. The standard InChI is InChI=1S/C13H14BrN3O3/c1-17-10-4-2-3-8(14)7(10)5-11(17)12(18)16-6-9(15)13(19)20/h2-5,9H,6,15H2,1H3,(H,16,18)(H,19,20). The fourth-order valence-corrected chi connectivity index (χ4v) is 2.39. The van der Waals surface area contributed by atoms with Crippen LogP contribution in [0.3, 0.4) is 0 Å². The van der Waals surface area contributed by atoms with Gasteiger partial charge >= 0.3 is 5.97 Å². The molecule has 20 heavy (non-hydrogen) atoms. The van der Waals surface area contributed by atoms with Crippen molar-refractivity contribution in [1.82, 2.24) is 9.88 Å². The summed E-state index contributed by atoms with van der Waals surface area (Å²) < 4.78 is 2.65. The number of carboxylic acid groups (broad SMARTS) is 1. The number of carboxylic acids is 1. The lowest BCUT2D eigenvalue weighted by Gasteiger charge is -2.09. The number of nitrogens with one attached hydrogen (secondary N) is 1. The number of fused-ring (bicyclic) bond motifs is 1. The van der Waals surface area contributed by atoms with E-state index in [0.717, 1.165) is 15.4 Å². The van der Waals surface area contributed by atoms with Crippen molar-refractivity contribution >= 4 is 38.7 Å². The lowest BCUT2D eigenvalue weighted by atomic mass is 10.2. The van der Waals surface area contributed by atoms with Gasteiger partial charge in [-0.25, -0.2) is 0 Å². The highest BCUT2D eigenvalue weighted by atomic mass is 79.9. The predicted octanol–water partition coefficient (Wildman–Crippen LogP) is 1.08. The van der Waals surface area contributed by atoms with E-state index in [1.807, 2.05) is 18.2 Å². The molecule has 1 amide bonds. The third-order valence-electron chi connectivity index (χ3n) is 3.07. The molecule has 2 rings (SSSR count). The van der Waals surface area contributed by atoms with Crippen molar-refractivity contribution in [3.8, 4) is 0 Å². The molecule has 1 aromatic heterocycles. The highest BCUT2D eigenvalue weighted by Gasteiger charge is 2.17. The van der Waals surface area contributed by atoms with Crippen molar-refractivity contribution in [3.05, 3.63) is 34.4 Å². The van der Waals surface area contributed by atoms with Gasteiger partial charge in [0.25, 0.3) is 5.91 Å². The van der Waals surface area contributed by atoms with E-state index in [4.69, 9.17) is 10.8 Å². The summed E-state index contributed by atoms with van der Waals surface area (Å²) in [6.45, 7) is -0.114. The van der Waals surface area contributed by atoms with Crippen LogP contribution in [0, 0.1) is 0 Å². The Morgan fingerprint density at radius 1 is 1.50 bits per heavy atom. The molecule has 0 bridgehead atoms. The molecule has 6 nitrogen and oxygen atoms in total. The molecule has 0 saturated heterocycles. The first-order chi connectivity index (χ1) is 9.41. The average molecular weight is 340 g/mol. The molecular formula is C13H14BrN3O3. The summed E-state index contributed by atoms with van der Waals surface area (Å²) in [5, 5.41) is 12.1. The Bertz CT molecular complexity index is 681. The number of aryl methyl sites for hydroxylation is 1. The molecule has 0 aliphatic carbocycles. The van der Waals surface area contributed by atoms with Crippen LogP contribution in [-0.4, -0.2) is 34.1 Å². The maximum atomic E-state index is 12.1. The Balaban J connectivity index is 2.25. The number of hydrogen-bond donors (Lipinski definition) is 3. The third-order valence-corrected chi connectivity index (χ3v) is 3.76. The number of nitrogens with zero attached hydrogens (tertiary/aromatic N) is 1. The summed E-state index contributed by atoms with van der Waals surface area (Å²) in [7, 11) is 1.78. The molecule has 0 spiro atoms. The molecule has 1 atom stereocenters. The molecule has 1 heterocycles. The Morgan fingerprint density at radius 2 is 2.20 bits per heavy atom. The summed E-state index contributed by atoms with van der Waals surface area (Å²) in [5.74, 6) is -1.50. The van der Waals surface area contributed by atoms with Gasteiger partial charge in [0.15, 0.2) is 0 Å². The number of aromatic nitrogens is 1. The lowest BCUT2D eigenvalue weighted by Crippen LogP contribution is -2.42. The molecule has 106 valence electrons. The van der Waals surface area contributed by atoms with Crippen LogP contribution in [-0.2, 0) is 11.8 Å². The second kappa shape index (κ2) is 5.64. The average Bonchev–Trinajstić information content (AvgIpc) is 2.75. The Hall–Kier alpha value is -1.86. The maximum Gasteiger partial charge on any atom is 0.322 e. The first-order valence-electron chi connectivity index (χ1n) is 5.92. The van der Waals surface area contributed by atoms with Crippen molar-refractivity contribution in [2.45, 2.75) is 6.04 Å². The van der Waals surface area contributed by atoms with E-state index in [2.05, 4.69) is 21.2 Å². The lowest BCUT2D eigenvalue weighted by molar-refractivity contribution is -0.138. The largest absolute Gasteiger partial charge is 0.480 e. The van der Waals surface area contributed by atoms with Crippen LogP contribution in [0.2, 0.25) is 0 Å². The van der Waals surface area contributed by atoms with E-state index in [0.29, 0.717) is 5.69 Å². The monoisotopic (exact) mass is 339 g/mol. The number of benzene rings is 1. The minimum absolute atomic E-state index is 0.114. The summed E-state index contributed by atoms with van der Waals surface area (Å²) in [5.41, 5.74) is 6.71. The molecule has 0 radical (unpaired) electrons. The fraction of sp³-hybridized carbons (Fsp3) is 0.231. The number of rotatable bonds is 4. The molecule has 1 unspecified atom stereocenters. The van der Waals surface area contributed by atoms with Gasteiger partial charge in [0, 0.05) is 29.0 Å². The van der Waals surface area contributed by atoms with Crippen molar-refractivity contribution in [3.63, 3.8) is 0 Å². The van der Waals surface area contributed by atoms with Crippen molar-refractivity contribution in [1.29, 1.82) is 0 Å². The van der Waals surface area contributed by atoms with Gasteiger partial charge in [0.05, 0.1) is 0 Å². The van der Waals surface area contributed by atoms with Crippen LogP contribution < -0.4 is 11.1 Å². The Labute approximate surface area is 123 Å². The molecule has 0 aliphatic heterocycles. The number of carbonyl (C=O) groups is 2. The van der Waals surface area contributed by atoms with Gasteiger partial charge < -0.3 is 20.7 Å². The predicted molar refractivity (Wildman–Crippen MR) is 78.6 cm³/mol. The van der Waals surface area contributed by atoms with Gasteiger partial charge in [-0.15, -0.1) is 0 Å². The molecule has 0 saturated carbocycles. The molecule has 7 heteroatoms. The molecule has 1 aromatic carbocycles. The minimum atomic E-state index is -1.15. The number of nitrogens with two attached hydrogens (primary N) is 1. The first kappa shape index (κ1) is 14.5. The Morgan fingerprint density at radius 3 is 2.80 bits per heavy atom. The van der Waals surface area contributed by atoms with Gasteiger partial charge in [0.2, 0.25) is 0 Å². The van der Waals surface area contributed by atoms with Crippen LogP contribution in [0.5, 0.6) is 0 Å². The Kier molecular flexibility index (Phi) is 4.10. The van der Waals surface area contributed by atoms with E-state index in [9.17, 15) is 9.59 Å². The maximum absolute atomic E-state index is 12.1. The summed E-state index contributed by atoms with van der Waals surface area (Å²) in [4.78, 5) is 22.7. The molecular weight excluding hydrogens is 326 g/mol.